The van der Waals surface area contributed by atoms with Crippen molar-refractivity contribution in [3.8, 4) is 11.1 Å². The predicted molar refractivity (Wildman–Crippen MR) is 83.2 cm³/mol. The van der Waals surface area contributed by atoms with E-state index in [1.54, 1.807) is 19.2 Å². The van der Waals surface area contributed by atoms with Gasteiger partial charge in [0, 0.05) is 25.8 Å². The molecule has 1 aliphatic rings. The van der Waals surface area contributed by atoms with Gasteiger partial charge >= 0.3 is 0 Å². The predicted octanol–water partition coefficient (Wildman–Crippen LogP) is 3.35. The van der Waals surface area contributed by atoms with Crippen molar-refractivity contribution in [2.75, 3.05) is 20.2 Å². The Kier molecular flexibility index (Phi) is 4.20. The van der Waals surface area contributed by atoms with E-state index >= 15 is 0 Å². The molecule has 1 aliphatic heterocycles. The Hall–Kier alpha value is -2.20. The molecule has 0 bridgehead atoms. The Morgan fingerprint density at radius 1 is 1.18 bits per heavy atom. The molecule has 0 spiro atoms. The van der Waals surface area contributed by atoms with Gasteiger partial charge < -0.3 is 9.64 Å². The smallest absolute Gasteiger partial charge is 0.254 e. The van der Waals surface area contributed by atoms with Crippen LogP contribution in [0.4, 0.5) is 4.39 Å². The third-order valence-corrected chi connectivity index (χ3v) is 4.08. The number of carbonyl (C=O) groups excluding carboxylic acids is 1. The van der Waals surface area contributed by atoms with E-state index in [-0.39, 0.29) is 17.8 Å². The van der Waals surface area contributed by atoms with E-state index < -0.39 is 0 Å². The van der Waals surface area contributed by atoms with Crippen molar-refractivity contribution in [2.45, 2.75) is 12.5 Å². The summed E-state index contributed by atoms with van der Waals surface area (Å²) in [7, 11) is 1.67. The van der Waals surface area contributed by atoms with E-state index in [0.717, 1.165) is 17.5 Å². The number of carbonyl (C=O) groups is 1. The summed E-state index contributed by atoms with van der Waals surface area (Å²) < 4.78 is 18.4. The highest BCUT2D eigenvalue weighted by Crippen LogP contribution is 2.26. The lowest BCUT2D eigenvalue weighted by molar-refractivity contribution is 0.0725. The van der Waals surface area contributed by atoms with Gasteiger partial charge in [0.1, 0.15) is 5.82 Å². The number of ether oxygens (including phenoxy) is 1. The Labute approximate surface area is 129 Å². The number of benzene rings is 2. The van der Waals surface area contributed by atoms with Crippen LogP contribution in [0.3, 0.4) is 0 Å². The number of likely N-dealkylation sites (tertiary alicyclic amines) is 1. The molecule has 0 radical (unpaired) electrons. The molecule has 0 aromatic heterocycles. The highest BCUT2D eigenvalue weighted by molar-refractivity contribution is 6.01. The first kappa shape index (κ1) is 14.7. The molecule has 3 nitrogen and oxygen atoms in total. The maximum Gasteiger partial charge on any atom is 0.254 e. The van der Waals surface area contributed by atoms with Crippen LogP contribution in [0.2, 0.25) is 0 Å². The van der Waals surface area contributed by atoms with Gasteiger partial charge in [-0.15, -0.1) is 0 Å². The molecule has 0 unspecified atom stereocenters. The van der Waals surface area contributed by atoms with E-state index in [4.69, 9.17) is 4.74 Å². The van der Waals surface area contributed by atoms with Crippen LogP contribution in [-0.4, -0.2) is 37.1 Å². The van der Waals surface area contributed by atoms with E-state index in [1.807, 2.05) is 29.2 Å². The average molecular weight is 299 g/mol. The van der Waals surface area contributed by atoms with E-state index in [0.29, 0.717) is 18.7 Å². The lowest BCUT2D eigenvalue weighted by Gasteiger charge is -2.18. The zero-order chi connectivity index (χ0) is 15.5. The van der Waals surface area contributed by atoms with E-state index in [2.05, 4.69) is 0 Å². The number of nitrogens with zero attached hydrogens (tertiary/aromatic N) is 1. The van der Waals surface area contributed by atoms with E-state index in [9.17, 15) is 9.18 Å². The maximum atomic E-state index is 13.1. The number of rotatable bonds is 3. The summed E-state index contributed by atoms with van der Waals surface area (Å²) >= 11 is 0. The number of amides is 1. The topological polar surface area (TPSA) is 29.5 Å². The van der Waals surface area contributed by atoms with Crippen LogP contribution in [-0.2, 0) is 4.74 Å². The average Bonchev–Trinajstić information content (AvgIpc) is 3.04. The molecule has 1 fully saturated rings. The molecule has 114 valence electrons. The van der Waals surface area contributed by atoms with Gasteiger partial charge in [-0.25, -0.2) is 4.39 Å². The standard InChI is InChI=1S/C18H18FNO2/c1-22-15-10-11-20(12-15)18(21)17-5-3-2-4-16(17)13-6-8-14(19)9-7-13/h2-9,15H,10-12H2,1H3/t15-/m1/s1. The van der Waals surface area contributed by atoms with Crippen molar-refractivity contribution < 1.29 is 13.9 Å². The molecule has 3 rings (SSSR count). The summed E-state index contributed by atoms with van der Waals surface area (Å²) in [4.78, 5) is 14.6. The summed E-state index contributed by atoms with van der Waals surface area (Å²) in [5.74, 6) is -0.283. The molecule has 1 atom stereocenters. The third kappa shape index (κ3) is 2.88. The first-order valence-corrected chi connectivity index (χ1v) is 7.36. The zero-order valence-electron chi connectivity index (χ0n) is 12.5. The quantitative estimate of drug-likeness (QED) is 0.870. The largest absolute Gasteiger partial charge is 0.380 e. The molecule has 1 heterocycles. The molecule has 22 heavy (non-hydrogen) atoms. The first-order chi connectivity index (χ1) is 10.7. The van der Waals surface area contributed by atoms with Crippen LogP contribution >= 0.6 is 0 Å². The van der Waals surface area contributed by atoms with Crippen LogP contribution in [0.1, 0.15) is 16.8 Å². The van der Waals surface area contributed by atoms with Crippen LogP contribution < -0.4 is 0 Å². The van der Waals surface area contributed by atoms with Gasteiger partial charge in [-0.3, -0.25) is 4.79 Å². The van der Waals surface area contributed by atoms with Crippen molar-refractivity contribution in [1.29, 1.82) is 0 Å². The third-order valence-electron chi connectivity index (χ3n) is 4.08. The van der Waals surface area contributed by atoms with Gasteiger partial charge in [0.15, 0.2) is 0 Å². The van der Waals surface area contributed by atoms with Gasteiger partial charge in [-0.2, -0.15) is 0 Å². The number of hydrogen-bond donors (Lipinski definition) is 0. The maximum absolute atomic E-state index is 13.1. The normalized spacial score (nSPS) is 17.7. The second-order valence-electron chi connectivity index (χ2n) is 5.45. The first-order valence-electron chi connectivity index (χ1n) is 7.36. The highest BCUT2D eigenvalue weighted by atomic mass is 19.1. The summed E-state index contributed by atoms with van der Waals surface area (Å²) in [6, 6.07) is 13.7. The fourth-order valence-electron chi connectivity index (χ4n) is 2.83. The fraction of sp³-hybridized carbons (Fsp3) is 0.278. The minimum absolute atomic E-state index is 0.000486. The fourth-order valence-corrected chi connectivity index (χ4v) is 2.83. The number of hydrogen-bond acceptors (Lipinski definition) is 2. The SMILES string of the molecule is CO[C@@H]1CCN(C(=O)c2ccccc2-c2ccc(F)cc2)C1. The molecule has 1 saturated heterocycles. The van der Waals surface area contributed by atoms with Crippen molar-refractivity contribution in [3.63, 3.8) is 0 Å². The summed E-state index contributed by atoms with van der Waals surface area (Å²) in [6.45, 7) is 1.32. The Bertz CT molecular complexity index is 669. The molecule has 2 aromatic carbocycles. The lowest BCUT2D eigenvalue weighted by Crippen LogP contribution is -2.30. The molecule has 1 amide bonds. The highest BCUT2D eigenvalue weighted by Gasteiger charge is 2.27. The summed E-state index contributed by atoms with van der Waals surface area (Å²) in [5.41, 5.74) is 2.31. The lowest BCUT2D eigenvalue weighted by atomic mass is 9.99. The van der Waals surface area contributed by atoms with Crippen molar-refractivity contribution >= 4 is 5.91 Å². The molecule has 0 saturated carbocycles. The molecule has 2 aromatic rings. The molecular formula is C18H18FNO2. The molecule has 0 aliphatic carbocycles. The minimum atomic E-state index is -0.282. The second-order valence-corrected chi connectivity index (χ2v) is 5.45. The van der Waals surface area contributed by atoms with E-state index in [1.165, 1.54) is 12.1 Å². The van der Waals surface area contributed by atoms with Crippen molar-refractivity contribution in [2.24, 2.45) is 0 Å². The minimum Gasteiger partial charge on any atom is -0.380 e. The van der Waals surface area contributed by atoms with Crippen LogP contribution in [0, 0.1) is 5.82 Å². The Morgan fingerprint density at radius 3 is 2.59 bits per heavy atom. The van der Waals surface area contributed by atoms with Gasteiger partial charge in [-0.05, 0) is 35.7 Å². The molecule has 4 heteroatoms. The van der Waals surface area contributed by atoms with Crippen LogP contribution in [0.25, 0.3) is 11.1 Å². The Balaban J connectivity index is 1.91. The van der Waals surface area contributed by atoms with Gasteiger partial charge in [-0.1, -0.05) is 30.3 Å². The molecular weight excluding hydrogens is 281 g/mol. The van der Waals surface area contributed by atoms with Crippen molar-refractivity contribution in [3.05, 3.63) is 59.9 Å². The van der Waals surface area contributed by atoms with Gasteiger partial charge in [0.2, 0.25) is 0 Å². The van der Waals surface area contributed by atoms with Gasteiger partial charge in [0.05, 0.1) is 6.10 Å². The second kappa shape index (κ2) is 6.28. The summed E-state index contributed by atoms with van der Waals surface area (Å²) in [5, 5.41) is 0. The van der Waals surface area contributed by atoms with Crippen LogP contribution in [0.15, 0.2) is 48.5 Å². The van der Waals surface area contributed by atoms with Crippen molar-refractivity contribution in [1.82, 2.24) is 4.90 Å². The number of methoxy groups -OCH3 is 1. The monoisotopic (exact) mass is 299 g/mol. The zero-order valence-corrected chi connectivity index (χ0v) is 12.5. The summed E-state index contributed by atoms with van der Waals surface area (Å²) in [6.07, 6.45) is 0.975. The Morgan fingerprint density at radius 2 is 1.91 bits per heavy atom. The van der Waals surface area contributed by atoms with Gasteiger partial charge in [0.25, 0.3) is 5.91 Å². The molecule has 0 N–H and O–H groups in total. The van der Waals surface area contributed by atoms with Crippen LogP contribution in [0.5, 0.6) is 0 Å². The number of halogens is 1.